The SMILES string of the molecule is CCNC(=O)[C@]1(Cc2cc(-c3ccccc3)no2)CCCN(C(=O)CC2CCCC2)C1. The number of carbonyl (C=O) groups excluding carboxylic acids is 2. The van der Waals surface area contributed by atoms with E-state index in [0.717, 1.165) is 43.5 Å². The lowest BCUT2D eigenvalue weighted by Crippen LogP contribution is -2.54. The van der Waals surface area contributed by atoms with Crippen LogP contribution in [0.5, 0.6) is 0 Å². The first-order valence-corrected chi connectivity index (χ1v) is 11.7. The third-order valence-corrected chi connectivity index (χ3v) is 6.83. The van der Waals surface area contributed by atoms with Crippen LogP contribution in [0, 0.1) is 11.3 Å². The smallest absolute Gasteiger partial charge is 0.228 e. The highest BCUT2D eigenvalue weighted by Gasteiger charge is 2.44. The Morgan fingerprint density at radius 1 is 1.19 bits per heavy atom. The number of carbonyl (C=O) groups is 2. The fourth-order valence-electron chi connectivity index (χ4n) is 5.17. The van der Waals surface area contributed by atoms with Crippen LogP contribution in [0.1, 0.15) is 57.6 Å². The van der Waals surface area contributed by atoms with E-state index >= 15 is 0 Å². The first kappa shape index (κ1) is 21.6. The lowest BCUT2D eigenvalue weighted by atomic mass is 9.75. The summed E-state index contributed by atoms with van der Waals surface area (Å²) in [5, 5.41) is 7.23. The van der Waals surface area contributed by atoms with E-state index in [-0.39, 0.29) is 11.8 Å². The van der Waals surface area contributed by atoms with Crippen molar-refractivity contribution in [3.63, 3.8) is 0 Å². The molecule has 1 aliphatic carbocycles. The highest BCUT2D eigenvalue weighted by Crippen LogP contribution is 2.36. The second-order valence-corrected chi connectivity index (χ2v) is 9.13. The van der Waals surface area contributed by atoms with Crippen molar-refractivity contribution in [1.29, 1.82) is 0 Å². The van der Waals surface area contributed by atoms with Gasteiger partial charge in [-0.1, -0.05) is 48.3 Å². The summed E-state index contributed by atoms with van der Waals surface area (Å²) in [5.41, 5.74) is 1.08. The Balaban J connectivity index is 1.51. The lowest BCUT2D eigenvalue weighted by Gasteiger charge is -2.41. The molecule has 2 aromatic rings. The van der Waals surface area contributed by atoms with Gasteiger partial charge in [-0.15, -0.1) is 0 Å². The largest absolute Gasteiger partial charge is 0.361 e. The Labute approximate surface area is 184 Å². The van der Waals surface area contributed by atoms with Crippen LogP contribution in [0.4, 0.5) is 0 Å². The van der Waals surface area contributed by atoms with Gasteiger partial charge in [-0.3, -0.25) is 9.59 Å². The molecule has 6 nitrogen and oxygen atoms in total. The number of rotatable bonds is 7. The molecule has 1 N–H and O–H groups in total. The van der Waals surface area contributed by atoms with E-state index in [4.69, 9.17) is 4.52 Å². The lowest BCUT2D eigenvalue weighted by molar-refractivity contribution is -0.142. The van der Waals surface area contributed by atoms with Crippen LogP contribution >= 0.6 is 0 Å². The van der Waals surface area contributed by atoms with Crippen LogP contribution in [0.3, 0.4) is 0 Å². The molecule has 6 heteroatoms. The summed E-state index contributed by atoms with van der Waals surface area (Å²) >= 11 is 0. The minimum Gasteiger partial charge on any atom is -0.361 e. The predicted octanol–water partition coefficient (Wildman–Crippen LogP) is 4.21. The first-order valence-electron chi connectivity index (χ1n) is 11.7. The molecule has 2 amide bonds. The minimum atomic E-state index is -0.674. The molecule has 1 atom stereocenters. The maximum atomic E-state index is 13.2. The van der Waals surface area contributed by atoms with Gasteiger partial charge in [-0.2, -0.15) is 0 Å². The van der Waals surface area contributed by atoms with Gasteiger partial charge in [0.2, 0.25) is 11.8 Å². The molecule has 1 aromatic heterocycles. The van der Waals surface area contributed by atoms with Crippen LogP contribution < -0.4 is 5.32 Å². The summed E-state index contributed by atoms with van der Waals surface area (Å²) in [7, 11) is 0. The monoisotopic (exact) mass is 423 g/mol. The molecule has 1 aliphatic heterocycles. The third kappa shape index (κ3) is 5.00. The second kappa shape index (κ2) is 9.67. The number of hydrogen-bond acceptors (Lipinski definition) is 4. The summed E-state index contributed by atoms with van der Waals surface area (Å²) in [6, 6.07) is 11.8. The van der Waals surface area contributed by atoms with E-state index in [0.29, 0.717) is 37.6 Å². The summed E-state index contributed by atoms with van der Waals surface area (Å²) in [4.78, 5) is 28.1. The van der Waals surface area contributed by atoms with Gasteiger partial charge in [-0.05, 0) is 38.5 Å². The Kier molecular flexibility index (Phi) is 6.73. The number of aromatic nitrogens is 1. The number of nitrogens with one attached hydrogen (secondary N) is 1. The molecule has 0 bridgehead atoms. The van der Waals surface area contributed by atoms with Crippen molar-refractivity contribution in [2.24, 2.45) is 11.3 Å². The summed E-state index contributed by atoms with van der Waals surface area (Å²) in [6.07, 6.45) is 7.41. The van der Waals surface area contributed by atoms with E-state index in [1.165, 1.54) is 12.8 Å². The van der Waals surface area contributed by atoms with Crippen molar-refractivity contribution < 1.29 is 14.1 Å². The number of likely N-dealkylation sites (tertiary alicyclic amines) is 1. The van der Waals surface area contributed by atoms with Crippen LogP contribution in [-0.2, 0) is 16.0 Å². The Morgan fingerprint density at radius 3 is 2.71 bits per heavy atom. The standard InChI is InChI=1S/C25H33N3O3/c1-2-26-24(30)25(17-21-16-22(27-31-21)20-11-4-3-5-12-20)13-8-14-28(18-25)23(29)15-19-9-6-7-10-19/h3-5,11-12,16,19H,2,6-10,13-15,17-18H2,1H3,(H,26,30)/t25-/m0/s1. The molecule has 2 heterocycles. The van der Waals surface area contributed by atoms with Gasteiger partial charge in [0.25, 0.3) is 0 Å². The molecular formula is C25H33N3O3. The van der Waals surface area contributed by atoms with Crippen molar-refractivity contribution in [3.05, 3.63) is 42.2 Å². The number of benzene rings is 1. The van der Waals surface area contributed by atoms with Gasteiger partial charge in [-0.25, -0.2) is 0 Å². The normalized spacial score (nSPS) is 21.9. The number of piperidine rings is 1. The van der Waals surface area contributed by atoms with Crippen molar-refractivity contribution >= 4 is 11.8 Å². The van der Waals surface area contributed by atoms with Crippen LogP contribution in [0.15, 0.2) is 40.9 Å². The quantitative estimate of drug-likeness (QED) is 0.724. The van der Waals surface area contributed by atoms with Gasteiger partial charge in [0.1, 0.15) is 11.5 Å². The van der Waals surface area contributed by atoms with Gasteiger partial charge in [0.15, 0.2) is 0 Å². The average Bonchev–Trinajstić information content (AvgIpc) is 3.47. The molecule has 2 fully saturated rings. The van der Waals surface area contributed by atoms with Crippen molar-refractivity contribution in [2.75, 3.05) is 19.6 Å². The van der Waals surface area contributed by atoms with E-state index in [9.17, 15) is 9.59 Å². The predicted molar refractivity (Wildman–Crippen MR) is 119 cm³/mol. The molecule has 2 aliphatic rings. The van der Waals surface area contributed by atoms with Gasteiger partial charge in [0.05, 0.1) is 5.41 Å². The Morgan fingerprint density at radius 2 is 1.97 bits per heavy atom. The summed E-state index contributed by atoms with van der Waals surface area (Å²) in [6.45, 7) is 3.69. The zero-order valence-electron chi connectivity index (χ0n) is 18.4. The molecule has 0 radical (unpaired) electrons. The van der Waals surface area contributed by atoms with Gasteiger partial charge in [0, 0.05) is 44.1 Å². The van der Waals surface area contributed by atoms with E-state index < -0.39 is 5.41 Å². The third-order valence-electron chi connectivity index (χ3n) is 6.83. The molecule has 0 spiro atoms. The summed E-state index contributed by atoms with van der Waals surface area (Å²) < 4.78 is 5.65. The maximum absolute atomic E-state index is 13.2. The van der Waals surface area contributed by atoms with E-state index in [2.05, 4.69) is 10.5 Å². The van der Waals surface area contributed by atoms with Crippen LogP contribution in [-0.4, -0.2) is 41.5 Å². The highest BCUT2D eigenvalue weighted by molar-refractivity contribution is 5.85. The van der Waals surface area contributed by atoms with Crippen molar-refractivity contribution in [1.82, 2.24) is 15.4 Å². The summed E-state index contributed by atoms with van der Waals surface area (Å²) in [5.74, 6) is 1.40. The zero-order valence-corrected chi connectivity index (χ0v) is 18.4. The maximum Gasteiger partial charge on any atom is 0.228 e. The second-order valence-electron chi connectivity index (χ2n) is 9.13. The van der Waals surface area contributed by atoms with Crippen LogP contribution in [0.25, 0.3) is 11.3 Å². The van der Waals surface area contributed by atoms with Crippen LogP contribution in [0.2, 0.25) is 0 Å². The Hall–Kier alpha value is -2.63. The molecular weight excluding hydrogens is 390 g/mol. The first-order chi connectivity index (χ1) is 15.1. The molecule has 1 aromatic carbocycles. The fraction of sp³-hybridized carbons (Fsp3) is 0.560. The van der Waals surface area contributed by atoms with Crippen molar-refractivity contribution in [2.45, 2.75) is 58.3 Å². The molecule has 4 rings (SSSR count). The van der Waals surface area contributed by atoms with E-state index in [1.54, 1.807) is 0 Å². The minimum absolute atomic E-state index is 0.00558. The fourth-order valence-corrected chi connectivity index (χ4v) is 5.17. The molecule has 166 valence electrons. The molecule has 1 saturated heterocycles. The molecule has 1 saturated carbocycles. The molecule has 31 heavy (non-hydrogen) atoms. The van der Waals surface area contributed by atoms with Crippen molar-refractivity contribution in [3.8, 4) is 11.3 Å². The number of amides is 2. The highest BCUT2D eigenvalue weighted by atomic mass is 16.5. The number of hydrogen-bond donors (Lipinski definition) is 1. The molecule has 0 unspecified atom stereocenters. The average molecular weight is 424 g/mol. The van der Waals surface area contributed by atoms with Gasteiger partial charge < -0.3 is 14.7 Å². The number of nitrogens with zero attached hydrogens (tertiary/aromatic N) is 2. The Bertz CT molecular complexity index is 888. The zero-order chi connectivity index (χ0) is 21.7. The van der Waals surface area contributed by atoms with E-state index in [1.807, 2.05) is 48.2 Å². The topological polar surface area (TPSA) is 75.4 Å². The van der Waals surface area contributed by atoms with Gasteiger partial charge >= 0.3 is 0 Å².